The van der Waals surface area contributed by atoms with Crippen molar-refractivity contribution in [2.75, 3.05) is 46.3 Å². The van der Waals surface area contributed by atoms with Crippen molar-refractivity contribution in [1.29, 1.82) is 0 Å². The molecule has 0 bridgehead atoms. The lowest BCUT2D eigenvalue weighted by molar-refractivity contribution is -0.139. The molecule has 0 fully saturated rings. The third-order valence-corrected chi connectivity index (χ3v) is 8.48. The van der Waals surface area contributed by atoms with E-state index in [9.17, 15) is 18.0 Å². The van der Waals surface area contributed by atoms with Gasteiger partial charge >= 0.3 is 0 Å². The molecule has 226 valence electrons. The normalized spacial score (nSPS) is 11.7. The Morgan fingerprint density at radius 1 is 0.857 bits per heavy atom. The number of hydrogen-bond acceptors (Lipinski definition) is 8. The van der Waals surface area contributed by atoms with Gasteiger partial charge in [-0.2, -0.15) is 0 Å². The first-order chi connectivity index (χ1) is 20.0. The summed E-state index contributed by atoms with van der Waals surface area (Å²) in [6, 6.07) is 15.4. The highest BCUT2D eigenvalue weighted by Crippen LogP contribution is 2.37. The third kappa shape index (κ3) is 7.06. The van der Waals surface area contributed by atoms with Gasteiger partial charge < -0.3 is 29.2 Å². The fourth-order valence-corrected chi connectivity index (χ4v) is 5.84. The highest BCUT2D eigenvalue weighted by molar-refractivity contribution is 7.92. The zero-order valence-corrected chi connectivity index (χ0v) is 25.7. The van der Waals surface area contributed by atoms with Gasteiger partial charge in [0.15, 0.2) is 11.5 Å². The van der Waals surface area contributed by atoms with E-state index >= 15 is 0 Å². The molecule has 0 aliphatic heterocycles. The monoisotopic (exact) mass is 599 g/mol. The summed E-state index contributed by atoms with van der Waals surface area (Å²) >= 11 is 0. The number of hydrogen-bond donors (Lipinski definition) is 1. The lowest BCUT2D eigenvalue weighted by Crippen LogP contribution is -2.50. The molecule has 1 N–H and O–H groups in total. The Morgan fingerprint density at radius 2 is 1.52 bits per heavy atom. The summed E-state index contributed by atoms with van der Waals surface area (Å²) in [6.07, 6.45) is 0. The van der Waals surface area contributed by atoms with Crippen LogP contribution in [-0.4, -0.2) is 73.2 Å². The molecule has 0 heterocycles. The van der Waals surface area contributed by atoms with E-state index in [1.807, 2.05) is 31.2 Å². The molecule has 3 aromatic carbocycles. The van der Waals surface area contributed by atoms with Crippen LogP contribution in [-0.2, 0) is 26.2 Å². The van der Waals surface area contributed by atoms with E-state index in [0.717, 1.165) is 15.4 Å². The largest absolute Gasteiger partial charge is 0.497 e. The van der Waals surface area contributed by atoms with Crippen LogP contribution in [0.4, 0.5) is 5.69 Å². The molecule has 2 amide bonds. The molecule has 0 radical (unpaired) electrons. The topological polar surface area (TPSA) is 124 Å². The SMILES string of the molecule is CNC(=O)[C@@H](C)N(Cc1cccc(C)c1)C(=O)CN(c1cc(OC)ccc1OC)S(=O)(=O)c1ccc(OC)c(OC)c1. The molecule has 1 atom stereocenters. The fraction of sp³-hybridized carbons (Fsp3) is 0.333. The molecule has 3 rings (SSSR count). The quantitative estimate of drug-likeness (QED) is 0.317. The number of carbonyl (C=O) groups is 2. The average Bonchev–Trinajstić information content (AvgIpc) is 3.00. The first kappa shape index (κ1) is 32.1. The van der Waals surface area contributed by atoms with E-state index in [2.05, 4.69) is 5.32 Å². The summed E-state index contributed by atoms with van der Waals surface area (Å²) in [5.41, 5.74) is 1.83. The second kappa shape index (κ2) is 13.9. The summed E-state index contributed by atoms with van der Waals surface area (Å²) in [7, 11) is 2.73. The summed E-state index contributed by atoms with van der Waals surface area (Å²) in [5, 5.41) is 2.57. The summed E-state index contributed by atoms with van der Waals surface area (Å²) in [5.74, 6) is 0.0580. The molecule has 0 saturated carbocycles. The summed E-state index contributed by atoms with van der Waals surface area (Å²) in [6.45, 7) is 2.94. The van der Waals surface area contributed by atoms with Gasteiger partial charge in [-0.3, -0.25) is 13.9 Å². The van der Waals surface area contributed by atoms with Crippen LogP contribution in [0.2, 0.25) is 0 Å². The zero-order chi connectivity index (χ0) is 31.0. The van der Waals surface area contributed by atoms with Crippen LogP contribution in [0.3, 0.4) is 0 Å². The van der Waals surface area contributed by atoms with E-state index in [4.69, 9.17) is 18.9 Å². The van der Waals surface area contributed by atoms with E-state index in [1.54, 1.807) is 19.1 Å². The van der Waals surface area contributed by atoms with Crippen molar-refractivity contribution >= 4 is 27.5 Å². The first-order valence-corrected chi connectivity index (χ1v) is 14.5. The molecular formula is C30H37N3O8S. The highest BCUT2D eigenvalue weighted by atomic mass is 32.2. The maximum Gasteiger partial charge on any atom is 0.265 e. The number of anilines is 1. The van der Waals surface area contributed by atoms with E-state index in [0.29, 0.717) is 11.5 Å². The fourth-order valence-electron chi connectivity index (χ4n) is 4.41. The first-order valence-electron chi connectivity index (χ1n) is 13.0. The van der Waals surface area contributed by atoms with Crippen LogP contribution in [0.5, 0.6) is 23.0 Å². The summed E-state index contributed by atoms with van der Waals surface area (Å²) < 4.78 is 50.9. The van der Waals surface area contributed by atoms with Crippen molar-refractivity contribution in [3.05, 3.63) is 71.8 Å². The molecule has 0 unspecified atom stereocenters. The number of amides is 2. The maximum atomic E-state index is 14.3. The van der Waals surface area contributed by atoms with Crippen molar-refractivity contribution in [2.45, 2.75) is 31.3 Å². The van der Waals surface area contributed by atoms with E-state index in [1.165, 1.54) is 64.7 Å². The van der Waals surface area contributed by atoms with Gasteiger partial charge in [0.1, 0.15) is 24.1 Å². The Morgan fingerprint density at radius 3 is 2.12 bits per heavy atom. The second-order valence-electron chi connectivity index (χ2n) is 9.37. The molecule has 12 heteroatoms. The highest BCUT2D eigenvalue weighted by Gasteiger charge is 2.34. The predicted molar refractivity (Wildman–Crippen MR) is 159 cm³/mol. The zero-order valence-electron chi connectivity index (χ0n) is 24.8. The number of methoxy groups -OCH3 is 4. The molecule has 0 aliphatic rings. The number of aryl methyl sites for hydroxylation is 1. The molecule has 0 aliphatic carbocycles. The van der Waals surface area contributed by atoms with E-state index < -0.39 is 34.4 Å². The van der Waals surface area contributed by atoms with Crippen LogP contribution in [0.25, 0.3) is 0 Å². The number of ether oxygens (including phenoxy) is 4. The van der Waals surface area contributed by atoms with Crippen LogP contribution in [0, 0.1) is 6.92 Å². The summed E-state index contributed by atoms with van der Waals surface area (Å²) in [4.78, 5) is 28.0. The molecule has 0 saturated heterocycles. The van der Waals surface area contributed by atoms with Crippen molar-refractivity contribution in [2.24, 2.45) is 0 Å². The third-order valence-electron chi connectivity index (χ3n) is 6.73. The van der Waals surface area contributed by atoms with Gasteiger partial charge in [0, 0.05) is 25.7 Å². The Balaban J connectivity index is 2.18. The van der Waals surface area contributed by atoms with Crippen LogP contribution in [0.15, 0.2) is 65.6 Å². The van der Waals surface area contributed by atoms with Gasteiger partial charge in [0.2, 0.25) is 11.8 Å². The molecule has 0 aromatic heterocycles. The standard InChI is InChI=1S/C30H37N3O8S/c1-20-9-8-10-22(15-20)18-32(21(2)30(35)31-3)29(34)19-33(25-16-23(38-4)11-13-26(25)39-5)42(36,37)24-12-14-27(40-6)28(17-24)41-7/h8-17,21H,18-19H2,1-7H3,(H,31,35)/t21-/m1/s1. The van der Waals surface area contributed by atoms with Gasteiger partial charge in [0.25, 0.3) is 10.0 Å². The number of nitrogens with zero attached hydrogens (tertiary/aromatic N) is 2. The number of nitrogens with one attached hydrogen (secondary N) is 1. The van der Waals surface area contributed by atoms with Gasteiger partial charge in [-0.15, -0.1) is 0 Å². The Kier molecular flexibility index (Phi) is 10.6. The van der Waals surface area contributed by atoms with Crippen LogP contribution >= 0.6 is 0 Å². The molecule has 0 spiro atoms. The molecule has 11 nitrogen and oxygen atoms in total. The smallest absolute Gasteiger partial charge is 0.265 e. The molecular weight excluding hydrogens is 562 g/mol. The average molecular weight is 600 g/mol. The van der Waals surface area contributed by atoms with E-state index in [-0.39, 0.29) is 28.6 Å². The maximum absolute atomic E-state index is 14.3. The molecule has 42 heavy (non-hydrogen) atoms. The van der Waals surface area contributed by atoms with Crippen molar-refractivity contribution in [3.8, 4) is 23.0 Å². The predicted octanol–water partition coefficient (Wildman–Crippen LogP) is 3.39. The lowest BCUT2D eigenvalue weighted by atomic mass is 10.1. The van der Waals surface area contributed by atoms with Crippen molar-refractivity contribution < 1.29 is 37.0 Å². The van der Waals surface area contributed by atoms with Crippen LogP contribution in [0.1, 0.15) is 18.1 Å². The Labute approximate surface area is 247 Å². The number of sulfonamides is 1. The second-order valence-corrected chi connectivity index (χ2v) is 11.2. The Bertz CT molecular complexity index is 1530. The molecule has 3 aromatic rings. The minimum Gasteiger partial charge on any atom is -0.497 e. The van der Waals surface area contributed by atoms with Gasteiger partial charge in [-0.1, -0.05) is 29.8 Å². The van der Waals surface area contributed by atoms with Gasteiger partial charge in [0.05, 0.1) is 39.0 Å². The van der Waals surface area contributed by atoms with Crippen LogP contribution < -0.4 is 28.6 Å². The lowest BCUT2D eigenvalue weighted by Gasteiger charge is -2.32. The number of likely N-dealkylation sites (N-methyl/N-ethyl adjacent to an activating group) is 1. The minimum absolute atomic E-state index is 0.0723. The van der Waals surface area contributed by atoms with Gasteiger partial charge in [-0.25, -0.2) is 8.42 Å². The van der Waals surface area contributed by atoms with Crippen molar-refractivity contribution in [3.63, 3.8) is 0 Å². The minimum atomic E-state index is -4.41. The van der Waals surface area contributed by atoms with Gasteiger partial charge in [-0.05, 0) is 43.7 Å². The number of rotatable bonds is 13. The number of benzene rings is 3. The number of carbonyl (C=O) groups excluding carboxylic acids is 2. The van der Waals surface area contributed by atoms with Crippen molar-refractivity contribution in [1.82, 2.24) is 10.2 Å². The Hall–Kier alpha value is -4.45.